The zero-order valence-electron chi connectivity index (χ0n) is 20.5. The lowest BCUT2D eigenvalue weighted by Gasteiger charge is -2.18. The molecular weight excluding hydrogens is 504 g/mol. The summed E-state index contributed by atoms with van der Waals surface area (Å²) in [5.74, 6) is -1.34. The van der Waals surface area contributed by atoms with Crippen molar-refractivity contribution in [3.63, 3.8) is 0 Å². The number of anilines is 1. The summed E-state index contributed by atoms with van der Waals surface area (Å²) in [5.41, 5.74) is 3.95. The second kappa shape index (κ2) is 12.7. The van der Waals surface area contributed by atoms with Gasteiger partial charge in [0.2, 0.25) is 5.91 Å². The molecule has 2 N–H and O–H groups in total. The number of aliphatic carboxylic acids is 1. The minimum Gasteiger partial charge on any atom is -0.488 e. The largest absolute Gasteiger partial charge is 0.488 e. The highest BCUT2D eigenvalue weighted by Crippen LogP contribution is 2.27. The first kappa shape index (κ1) is 26.6. The van der Waals surface area contributed by atoms with Gasteiger partial charge in [-0.15, -0.1) is 0 Å². The highest BCUT2D eigenvalue weighted by atomic mass is 35.5. The molecule has 0 bridgehead atoms. The number of methoxy groups -OCH3 is 1. The monoisotopic (exact) mass is 528 g/mol. The van der Waals surface area contributed by atoms with E-state index in [2.05, 4.69) is 10.3 Å². The van der Waals surface area contributed by atoms with E-state index in [-0.39, 0.29) is 12.7 Å². The van der Waals surface area contributed by atoms with Gasteiger partial charge in [-0.25, -0.2) is 9.78 Å². The van der Waals surface area contributed by atoms with Crippen LogP contribution in [0.25, 0.3) is 23.1 Å². The standard InChI is InChI=1S/C30H25ClN2O5/c1-37-28(19-38-27-8-3-2-7-25(27)33-29(34)15-16-30(35)36)22-6-4-5-20(17-22)9-13-24-14-11-21-10-12-23(31)18-26(21)32-24/h2-18,28H,19H2,1H3,(H,33,34)(H,35,36)/b13-9+,16-15+. The van der Waals surface area contributed by atoms with E-state index in [1.54, 1.807) is 31.4 Å². The molecule has 3 aromatic carbocycles. The van der Waals surface area contributed by atoms with Crippen LogP contribution < -0.4 is 10.1 Å². The number of benzene rings is 3. The second-order valence-corrected chi connectivity index (χ2v) is 8.71. The van der Waals surface area contributed by atoms with Crippen molar-refractivity contribution in [1.29, 1.82) is 0 Å². The Morgan fingerprint density at radius 2 is 1.82 bits per heavy atom. The number of nitrogens with zero attached hydrogens (tertiary/aromatic N) is 1. The SMILES string of the molecule is COC(COc1ccccc1NC(=O)/C=C/C(=O)O)c1cccc(/C=C/c2ccc3ccc(Cl)cc3n2)c1. The number of hydrogen-bond acceptors (Lipinski definition) is 5. The van der Waals surface area contributed by atoms with E-state index in [0.717, 1.165) is 39.9 Å². The Hall–Kier alpha value is -4.46. The fourth-order valence-corrected chi connectivity index (χ4v) is 3.89. The topological polar surface area (TPSA) is 97.8 Å². The van der Waals surface area contributed by atoms with Crippen LogP contribution in [-0.2, 0) is 14.3 Å². The van der Waals surface area contributed by atoms with Gasteiger partial charge in [-0.05, 0) is 53.6 Å². The predicted molar refractivity (Wildman–Crippen MR) is 149 cm³/mol. The van der Waals surface area contributed by atoms with Crippen molar-refractivity contribution in [1.82, 2.24) is 4.98 Å². The summed E-state index contributed by atoms with van der Waals surface area (Å²) in [6, 6.07) is 24.4. The number of fused-ring (bicyclic) bond motifs is 1. The number of carboxylic acid groups (broad SMARTS) is 1. The molecule has 0 saturated carbocycles. The Balaban J connectivity index is 1.45. The summed E-state index contributed by atoms with van der Waals surface area (Å²) in [7, 11) is 1.60. The van der Waals surface area contributed by atoms with Crippen LogP contribution in [0.15, 0.2) is 91.0 Å². The van der Waals surface area contributed by atoms with E-state index in [0.29, 0.717) is 16.5 Å². The quantitative estimate of drug-likeness (QED) is 0.231. The number of pyridine rings is 1. The van der Waals surface area contributed by atoms with Crippen molar-refractivity contribution < 1.29 is 24.2 Å². The maximum atomic E-state index is 12.0. The summed E-state index contributed by atoms with van der Waals surface area (Å²) >= 11 is 6.10. The molecule has 1 amide bonds. The van der Waals surface area contributed by atoms with Crippen LogP contribution in [0.4, 0.5) is 5.69 Å². The van der Waals surface area contributed by atoms with Gasteiger partial charge in [0.05, 0.1) is 16.9 Å². The van der Waals surface area contributed by atoms with E-state index in [4.69, 9.17) is 26.2 Å². The summed E-state index contributed by atoms with van der Waals surface area (Å²) in [5, 5.41) is 13.0. The minimum atomic E-state index is -1.21. The van der Waals surface area contributed by atoms with Gasteiger partial charge in [-0.1, -0.05) is 60.1 Å². The molecule has 1 unspecified atom stereocenters. The molecule has 4 rings (SSSR count). The number of aromatic nitrogens is 1. The van der Waals surface area contributed by atoms with Crippen LogP contribution in [0.2, 0.25) is 5.02 Å². The van der Waals surface area contributed by atoms with Crippen LogP contribution in [-0.4, -0.2) is 35.7 Å². The number of rotatable bonds is 10. The number of nitrogens with one attached hydrogen (secondary N) is 1. The maximum Gasteiger partial charge on any atom is 0.328 e. The van der Waals surface area contributed by atoms with Crippen molar-refractivity contribution in [3.05, 3.63) is 113 Å². The number of hydrogen-bond donors (Lipinski definition) is 2. The van der Waals surface area contributed by atoms with E-state index >= 15 is 0 Å². The van der Waals surface area contributed by atoms with Crippen LogP contribution in [0, 0.1) is 0 Å². The number of para-hydroxylation sites is 2. The van der Waals surface area contributed by atoms with Gasteiger partial charge < -0.3 is 19.9 Å². The molecule has 1 aromatic heterocycles. The van der Waals surface area contributed by atoms with Crippen LogP contribution in [0.3, 0.4) is 0 Å². The van der Waals surface area contributed by atoms with Crippen molar-refractivity contribution in [2.24, 2.45) is 0 Å². The van der Waals surface area contributed by atoms with Gasteiger partial charge in [-0.2, -0.15) is 0 Å². The average molecular weight is 529 g/mol. The first-order valence-corrected chi connectivity index (χ1v) is 12.1. The molecule has 0 radical (unpaired) electrons. The lowest BCUT2D eigenvalue weighted by Crippen LogP contribution is -2.14. The molecule has 0 aliphatic heterocycles. The zero-order chi connectivity index (χ0) is 26.9. The molecule has 0 fully saturated rings. The fourth-order valence-electron chi connectivity index (χ4n) is 3.73. The number of amides is 1. The molecular formula is C30H25ClN2O5. The molecule has 1 heterocycles. The average Bonchev–Trinajstić information content (AvgIpc) is 2.92. The Kier molecular flexibility index (Phi) is 8.87. The van der Waals surface area contributed by atoms with Gasteiger partial charge >= 0.3 is 5.97 Å². The lowest BCUT2D eigenvalue weighted by molar-refractivity contribution is -0.131. The normalized spacial score (nSPS) is 12.2. The Morgan fingerprint density at radius 3 is 2.63 bits per heavy atom. The third kappa shape index (κ3) is 7.29. The molecule has 1 atom stereocenters. The summed E-state index contributed by atoms with van der Waals surface area (Å²) in [6.07, 6.45) is 5.26. The highest BCUT2D eigenvalue weighted by molar-refractivity contribution is 6.31. The molecule has 8 heteroatoms. The molecule has 0 saturated heterocycles. The first-order valence-electron chi connectivity index (χ1n) is 11.7. The molecule has 192 valence electrons. The van der Waals surface area contributed by atoms with Gasteiger partial charge in [-0.3, -0.25) is 4.79 Å². The highest BCUT2D eigenvalue weighted by Gasteiger charge is 2.14. The van der Waals surface area contributed by atoms with Crippen LogP contribution in [0.1, 0.15) is 22.9 Å². The van der Waals surface area contributed by atoms with Gasteiger partial charge in [0, 0.05) is 29.7 Å². The molecule has 0 aliphatic carbocycles. The van der Waals surface area contributed by atoms with Gasteiger partial charge in [0.25, 0.3) is 0 Å². The van der Waals surface area contributed by atoms with E-state index in [9.17, 15) is 9.59 Å². The third-order valence-electron chi connectivity index (χ3n) is 5.60. The minimum absolute atomic E-state index is 0.189. The van der Waals surface area contributed by atoms with Gasteiger partial charge in [0.1, 0.15) is 18.5 Å². The number of carbonyl (C=O) groups is 2. The van der Waals surface area contributed by atoms with E-state index in [1.807, 2.05) is 66.7 Å². The van der Waals surface area contributed by atoms with Crippen LogP contribution >= 0.6 is 11.6 Å². The Morgan fingerprint density at radius 1 is 1.00 bits per heavy atom. The number of ether oxygens (including phenoxy) is 2. The summed E-state index contributed by atoms with van der Waals surface area (Å²) in [6.45, 7) is 0.189. The number of carboxylic acids is 1. The molecule has 4 aromatic rings. The fraction of sp³-hybridized carbons (Fsp3) is 0.100. The summed E-state index contributed by atoms with van der Waals surface area (Å²) < 4.78 is 11.7. The lowest BCUT2D eigenvalue weighted by atomic mass is 10.1. The second-order valence-electron chi connectivity index (χ2n) is 8.27. The van der Waals surface area contributed by atoms with Gasteiger partial charge in [0.15, 0.2) is 0 Å². The third-order valence-corrected chi connectivity index (χ3v) is 5.84. The maximum absolute atomic E-state index is 12.0. The molecule has 38 heavy (non-hydrogen) atoms. The Bertz CT molecular complexity index is 1520. The van der Waals surface area contributed by atoms with Crippen molar-refractivity contribution in [2.75, 3.05) is 19.0 Å². The zero-order valence-corrected chi connectivity index (χ0v) is 21.3. The molecule has 7 nitrogen and oxygen atoms in total. The molecule has 0 aliphatic rings. The Labute approximate surface area is 225 Å². The van der Waals surface area contributed by atoms with E-state index < -0.39 is 11.9 Å². The molecule has 0 spiro atoms. The predicted octanol–water partition coefficient (Wildman–Crippen LogP) is 6.40. The smallest absolute Gasteiger partial charge is 0.328 e. The number of carbonyl (C=O) groups excluding carboxylic acids is 1. The van der Waals surface area contributed by atoms with Crippen molar-refractivity contribution in [2.45, 2.75) is 6.10 Å². The van der Waals surface area contributed by atoms with E-state index in [1.165, 1.54) is 0 Å². The van der Waals surface area contributed by atoms with Crippen molar-refractivity contribution in [3.8, 4) is 5.75 Å². The van der Waals surface area contributed by atoms with Crippen molar-refractivity contribution >= 4 is 52.2 Å². The van der Waals surface area contributed by atoms with Crippen LogP contribution in [0.5, 0.6) is 5.75 Å². The summed E-state index contributed by atoms with van der Waals surface area (Å²) in [4.78, 5) is 27.3. The number of halogens is 1. The first-order chi connectivity index (χ1) is 18.4.